The second kappa shape index (κ2) is 32.1. The maximum atomic E-state index is 12.3. The van der Waals surface area contributed by atoms with E-state index in [0.29, 0.717) is 99.9 Å². The molecule has 592 valence electrons. The second-order valence-corrected chi connectivity index (χ2v) is 30.2. The summed E-state index contributed by atoms with van der Waals surface area (Å²) in [5.41, 5.74) is 24.3. The number of nitrogens with zero attached hydrogens (tertiary/aromatic N) is 21. The van der Waals surface area contributed by atoms with Gasteiger partial charge in [-0.15, -0.1) is 0 Å². The molecule has 11 N–H and O–H groups in total. The molecule has 16 heterocycles. The number of fused-ring (bicyclic) bond motifs is 8. The zero-order chi connectivity index (χ0) is 80.5. The molecule has 0 aliphatic carbocycles. The van der Waals surface area contributed by atoms with Crippen LogP contribution in [0.1, 0.15) is 133 Å². The molecular weight excluding hydrogens is 1490 g/mol. The third-order valence-corrected chi connectivity index (χ3v) is 23.7. The number of H-pyrrole nitrogens is 4. The first-order valence-electron chi connectivity index (χ1n) is 38.8. The Morgan fingerprint density at radius 1 is 0.444 bits per heavy atom. The maximum absolute atomic E-state index is 12.3. The Morgan fingerprint density at radius 2 is 0.761 bits per heavy atom. The van der Waals surface area contributed by atoms with E-state index < -0.39 is 0 Å². The average Bonchev–Trinajstić information content (AvgIpc) is 1.72. The summed E-state index contributed by atoms with van der Waals surface area (Å²) in [5, 5.41) is 82.5. The molecule has 0 spiro atoms. The van der Waals surface area contributed by atoms with Crippen molar-refractivity contribution in [2.45, 2.75) is 88.9 Å². The van der Waals surface area contributed by atoms with E-state index in [1.54, 1.807) is 50.7 Å². The van der Waals surface area contributed by atoms with Crippen LogP contribution in [0.5, 0.6) is 0 Å². The minimum Gasteiger partial charge on any atom is -0.370 e. The van der Waals surface area contributed by atoms with Gasteiger partial charge in [0.05, 0.1) is 74.7 Å². The predicted octanol–water partition coefficient (Wildman–Crippen LogP) is 11.5. The summed E-state index contributed by atoms with van der Waals surface area (Å²) in [7, 11) is 3.53. The molecule has 12 aromatic rings. The fourth-order valence-corrected chi connectivity index (χ4v) is 17.8. The van der Waals surface area contributed by atoms with Crippen molar-refractivity contribution in [2.24, 2.45) is 29.4 Å². The van der Waals surface area contributed by atoms with Gasteiger partial charge in [0.1, 0.15) is 67.4 Å². The van der Waals surface area contributed by atoms with Gasteiger partial charge in [-0.05, 0) is 177 Å². The standard InChI is InChI=1S/C21H22N8O2.C20H19N7O2.C20H21N7O.C19H19N9O/c1-22-19-16(13-5-4-6-15-18(13)27-31-26-15)14-11-23-25-20(14)24-17(19)12-7-9-29(10-8-12)21(30)28(2)3;1-11(28)27-8-4-5-12(10-27)17-19(21-2)16(14-9-22-24-20(14)23-17)13-6-3-7-15-18(13)26-29-25-15;1-3-27-9-7-12(8-10-27)17-19(21-2)16(14-11-22-24-20(14)23-17)13-5-4-6-15-18(13)26-28-25-15;1-22-17-14(11-3-2-4-13-16(11)27-29-26-13)12-9-23-25-18(12)24-15(17)10-5-7-28(8-6-10)19(20)21/h4-6,11-12,16H,7-10H2,2-3H3,(H2,23,24,25);3,6-7,9,12,16H,4-5,8,10H2,1H3,(H2,22,23,24);4-6,11-12,16H,3,7-10H2,1H3,(H2,22,23,24);2-4,9-10,14H,5-8H2,(H3,20,21)(H2,23,24,25). The molecule has 4 aromatic carbocycles. The number of benzene rings is 4. The Balaban J connectivity index is 0.000000112. The van der Waals surface area contributed by atoms with Gasteiger partial charge in [-0.25, -0.2) is 42.7 Å². The number of guanidine groups is 1. The molecule has 117 heavy (non-hydrogen) atoms. The van der Waals surface area contributed by atoms with E-state index in [1.807, 2.05) is 87.5 Å². The zero-order valence-electron chi connectivity index (χ0n) is 64.3. The SMILES string of the molecule is [C-]#[N+]C1=C(C2CCCN(C(C)=O)C2)Nc2[nH]ncc2C1c1cccc2nonc12.[C-]#[N+]C1=C(C2CCN(C(=N)N)CC2)Nc2[nH]ncc2C1c1cccc2nonc12.[C-]#[N+]C1=C(C2CCN(C(=O)N(C)C)CC2)Nc2[nH]ncc2C1c1cccc2nonc12.[C-]#[N+]C1=C(C2CCN(CC)CC2)Nc2[nH]ncc2C1c1cccc2nonc12. The van der Waals surface area contributed by atoms with Gasteiger partial charge < -0.3 is 51.5 Å². The molecule has 3 amide bonds. The topological polar surface area (TPSA) is 436 Å². The lowest BCUT2D eigenvalue weighted by Gasteiger charge is -2.37. The van der Waals surface area contributed by atoms with Crippen molar-refractivity contribution in [1.82, 2.24) is 107 Å². The van der Waals surface area contributed by atoms with Crippen molar-refractivity contribution in [3.8, 4) is 0 Å². The number of nitrogens with two attached hydrogens (primary N) is 1. The lowest BCUT2D eigenvalue weighted by molar-refractivity contribution is -0.130. The van der Waals surface area contributed by atoms with Crippen LogP contribution in [-0.4, -0.2) is 197 Å². The summed E-state index contributed by atoms with van der Waals surface area (Å²) < 4.78 is 19.8. The molecule has 37 nitrogen and oxygen atoms in total. The summed E-state index contributed by atoms with van der Waals surface area (Å²) in [6.07, 6.45) is 14.1. The minimum absolute atomic E-state index is 0.0216. The first kappa shape index (κ1) is 75.1. The highest BCUT2D eigenvalue weighted by Crippen LogP contribution is 2.51. The molecule has 37 heteroatoms. The summed E-state index contributed by atoms with van der Waals surface area (Å²) in [4.78, 5) is 49.7. The number of aromatic amines is 4. The highest BCUT2D eigenvalue weighted by Gasteiger charge is 2.43. The van der Waals surface area contributed by atoms with Crippen LogP contribution in [0, 0.1) is 55.4 Å². The molecule has 8 aliphatic rings. The molecular formula is C80H81N31O6. The number of amides is 3. The van der Waals surface area contributed by atoms with Gasteiger partial charge in [-0.2, -0.15) is 20.4 Å². The van der Waals surface area contributed by atoms with Gasteiger partial charge in [0.25, 0.3) is 0 Å². The van der Waals surface area contributed by atoms with E-state index in [1.165, 1.54) is 0 Å². The number of hydrogen-bond donors (Lipinski definition) is 10. The van der Waals surface area contributed by atoms with Crippen LogP contribution in [-0.2, 0) is 4.79 Å². The summed E-state index contributed by atoms with van der Waals surface area (Å²) >= 11 is 0. The number of nitrogens with one attached hydrogen (secondary N) is 9. The average molecular weight is 1570 g/mol. The number of rotatable bonds is 9. The molecule has 20 rings (SSSR count). The van der Waals surface area contributed by atoms with Gasteiger partial charge in [0, 0.05) is 111 Å². The minimum atomic E-state index is -0.333. The summed E-state index contributed by atoms with van der Waals surface area (Å²) in [6.45, 7) is 43.0. The number of hydrogen-bond acceptors (Lipinski definition) is 24. The summed E-state index contributed by atoms with van der Waals surface area (Å²) in [5.74, 6) is 2.88. The zero-order valence-corrected chi connectivity index (χ0v) is 64.3. The van der Waals surface area contributed by atoms with Crippen molar-refractivity contribution in [3.05, 3.63) is 233 Å². The monoisotopic (exact) mass is 1570 g/mol. The number of carbonyl (C=O) groups excluding carboxylic acids is 2. The van der Waals surface area contributed by atoms with Crippen LogP contribution >= 0.6 is 0 Å². The Labute approximate surface area is 668 Å². The fraction of sp³-hybridized carbons (Fsp3) is 0.362. The highest BCUT2D eigenvalue weighted by atomic mass is 16.6. The molecule has 4 fully saturated rings. The van der Waals surface area contributed by atoms with Crippen molar-refractivity contribution >= 4 is 85.3 Å². The van der Waals surface area contributed by atoms with Crippen molar-refractivity contribution in [1.29, 1.82) is 5.41 Å². The van der Waals surface area contributed by atoms with Crippen LogP contribution < -0.4 is 27.0 Å². The molecule has 4 saturated heterocycles. The van der Waals surface area contributed by atoms with E-state index in [4.69, 9.17) is 55.9 Å². The predicted molar refractivity (Wildman–Crippen MR) is 427 cm³/mol. The maximum Gasteiger partial charge on any atom is 0.319 e. The van der Waals surface area contributed by atoms with Gasteiger partial charge >= 0.3 is 6.03 Å². The van der Waals surface area contributed by atoms with Crippen molar-refractivity contribution in [3.63, 3.8) is 0 Å². The number of aromatic nitrogens is 16. The smallest absolute Gasteiger partial charge is 0.319 e. The summed E-state index contributed by atoms with van der Waals surface area (Å²) in [6, 6.07) is 22.9. The third kappa shape index (κ3) is 14.0. The number of piperidine rings is 4. The van der Waals surface area contributed by atoms with Crippen LogP contribution in [0.4, 0.5) is 28.1 Å². The Hall–Kier alpha value is -14.6. The first-order valence-corrected chi connectivity index (χ1v) is 38.8. The molecule has 8 aromatic heterocycles. The van der Waals surface area contributed by atoms with E-state index in [-0.39, 0.29) is 59.3 Å². The van der Waals surface area contributed by atoms with Crippen LogP contribution in [0.25, 0.3) is 63.5 Å². The van der Waals surface area contributed by atoms with Crippen LogP contribution in [0.3, 0.4) is 0 Å². The van der Waals surface area contributed by atoms with E-state index in [0.717, 1.165) is 174 Å². The Morgan fingerprint density at radius 3 is 1.06 bits per heavy atom. The van der Waals surface area contributed by atoms with E-state index >= 15 is 0 Å². The first-order chi connectivity index (χ1) is 57.2. The second-order valence-electron chi connectivity index (χ2n) is 30.2. The van der Waals surface area contributed by atoms with E-state index in [2.05, 4.69) is 135 Å². The molecule has 8 aliphatic heterocycles. The molecule has 0 saturated carbocycles. The van der Waals surface area contributed by atoms with E-state index in [9.17, 15) is 9.59 Å². The van der Waals surface area contributed by atoms with Gasteiger partial charge in [0.2, 0.25) is 5.91 Å². The highest BCUT2D eigenvalue weighted by molar-refractivity contribution is 5.85. The molecule has 0 bridgehead atoms. The van der Waals surface area contributed by atoms with Crippen molar-refractivity contribution < 1.29 is 28.1 Å². The Kier molecular flexibility index (Phi) is 20.6. The van der Waals surface area contributed by atoms with Crippen LogP contribution in [0.2, 0.25) is 0 Å². The Bertz CT molecular complexity index is 6090. The normalized spacial score (nSPS) is 20.3. The molecule has 0 radical (unpaired) electrons. The van der Waals surface area contributed by atoms with Crippen LogP contribution in [0.15, 0.2) is 162 Å². The number of carbonyl (C=O) groups is 2. The number of urea groups is 1. The quantitative estimate of drug-likeness (QED) is 0.0364. The fourth-order valence-electron chi connectivity index (χ4n) is 17.8. The number of anilines is 4. The van der Waals surface area contributed by atoms with Crippen molar-refractivity contribution in [2.75, 3.05) is 94.3 Å². The van der Waals surface area contributed by atoms with Gasteiger partial charge in [0.15, 0.2) is 28.7 Å². The van der Waals surface area contributed by atoms with Gasteiger partial charge in [-0.3, -0.25) is 30.6 Å². The lowest BCUT2D eigenvalue weighted by atomic mass is 9.81. The van der Waals surface area contributed by atoms with Gasteiger partial charge in [-0.1, -0.05) is 55.5 Å². The largest absolute Gasteiger partial charge is 0.370 e. The molecule has 5 unspecified atom stereocenters. The third-order valence-electron chi connectivity index (χ3n) is 23.7. The lowest BCUT2D eigenvalue weighted by Crippen LogP contribution is -2.44. The number of likely N-dealkylation sites (tertiary alicyclic amines) is 4. The molecule has 5 atom stereocenters. The number of allylic oxidation sites excluding steroid dienone is 7.